The van der Waals surface area contributed by atoms with Gasteiger partial charge in [-0.1, -0.05) is 153 Å². The minimum atomic E-state index is 0.0810. The number of rotatable bonds is 15. The van der Waals surface area contributed by atoms with Crippen LogP contribution in [-0.4, -0.2) is 24.0 Å². The van der Waals surface area contributed by atoms with E-state index in [1.54, 1.807) is 6.08 Å². The lowest BCUT2D eigenvalue weighted by molar-refractivity contribution is -0.123. The molecule has 43 heavy (non-hydrogen) atoms. The molecule has 252 valence electrons. The first-order chi connectivity index (χ1) is 19.7. The van der Waals surface area contributed by atoms with Gasteiger partial charge in [0.2, 0.25) is 5.91 Å². The number of carbonyl (C=O) groups excluding carboxylic acids is 3. The fourth-order valence-corrected chi connectivity index (χ4v) is 2.82. The van der Waals surface area contributed by atoms with Crippen molar-refractivity contribution in [3.63, 3.8) is 0 Å². The number of carbonyl (C=O) groups is 3. The molecule has 0 saturated heterocycles. The Morgan fingerprint density at radius 3 is 1.35 bits per heavy atom. The van der Waals surface area contributed by atoms with Crippen LogP contribution in [0.3, 0.4) is 0 Å². The van der Waals surface area contributed by atoms with E-state index < -0.39 is 0 Å². The highest BCUT2D eigenvalue weighted by molar-refractivity contribution is 5.91. The number of nitrogens with one attached hydrogen (secondary N) is 1. The van der Waals surface area contributed by atoms with Gasteiger partial charge in [0.05, 0.1) is 0 Å². The molecule has 0 rings (SSSR count). The Morgan fingerprint density at radius 2 is 0.977 bits per heavy atom. The first-order valence-electron chi connectivity index (χ1n) is 16.7. The van der Waals surface area contributed by atoms with Crippen LogP contribution in [0.5, 0.6) is 0 Å². The summed E-state index contributed by atoms with van der Waals surface area (Å²) >= 11 is 0. The van der Waals surface area contributed by atoms with Crippen LogP contribution in [0.4, 0.5) is 0 Å². The maximum atomic E-state index is 11.2. The summed E-state index contributed by atoms with van der Waals surface area (Å²) in [5, 5.41) is 2.81. The third-order valence-corrected chi connectivity index (χ3v) is 5.28. The first-order valence-corrected chi connectivity index (χ1v) is 16.7. The van der Waals surface area contributed by atoms with Crippen molar-refractivity contribution in [1.82, 2.24) is 5.32 Å². The van der Waals surface area contributed by atoms with Gasteiger partial charge in [0.25, 0.3) is 0 Å². The Balaban J connectivity index is -0.000000237. The van der Waals surface area contributed by atoms with E-state index >= 15 is 0 Å². The molecule has 0 aromatic carbocycles. The summed E-state index contributed by atoms with van der Waals surface area (Å²) in [6.45, 7) is 33.9. The van der Waals surface area contributed by atoms with Crippen LogP contribution in [-0.2, 0) is 14.4 Å². The molecular formula is C39H73NO3. The quantitative estimate of drug-likeness (QED) is 0.150. The highest BCUT2D eigenvalue weighted by atomic mass is 16.2. The SMILES string of the molecule is CC(C)/C=C/C(=O)C(C)C.CC(C)/C=C/CC(=O)CC(C)C.CC(C)/C=C/CC(C)C.CC(C)/C=C/CNC(=O)C(C)C. The molecule has 0 aliphatic rings. The Bertz CT molecular complexity index is 791. The number of allylic oxidation sites excluding steroid dienone is 7. The zero-order valence-electron chi connectivity index (χ0n) is 31.3. The van der Waals surface area contributed by atoms with Gasteiger partial charge in [0.1, 0.15) is 5.78 Å². The van der Waals surface area contributed by atoms with Gasteiger partial charge in [-0.05, 0) is 48.0 Å². The van der Waals surface area contributed by atoms with Crippen molar-refractivity contribution < 1.29 is 14.4 Å². The maximum Gasteiger partial charge on any atom is 0.222 e. The summed E-state index contributed by atoms with van der Waals surface area (Å²) in [6, 6.07) is 0. The molecule has 1 N–H and O–H groups in total. The molecule has 0 saturated carbocycles. The number of amides is 1. The van der Waals surface area contributed by atoms with E-state index in [0.29, 0.717) is 54.8 Å². The smallest absolute Gasteiger partial charge is 0.222 e. The van der Waals surface area contributed by atoms with Gasteiger partial charge in [0, 0.05) is 31.2 Å². The number of hydrogen-bond acceptors (Lipinski definition) is 3. The van der Waals surface area contributed by atoms with E-state index in [1.165, 1.54) is 6.42 Å². The van der Waals surface area contributed by atoms with E-state index in [1.807, 2.05) is 45.9 Å². The molecule has 0 radical (unpaired) electrons. The van der Waals surface area contributed by atoms with Crippen LogP contribution in [0.15, 0.2) is 48.6 Å². The third kappa shape index (κ3) is 49.7. The first kappa shape index (κ1) is 47.7. The summed E-state index contributed by atoms with van der Waals surface area (Å²) in [5.41, 5.74) is 0. The number of Topliss-reactive ketones (excluding diaryl/α,β-unsaturated/α-hetero) is 1. The molecule has 1 amide bonds. The zero-order chi connectivity index (χ0) is 34.5. The minimum absolute atomic E-state index is 0.0810. The average Bonchev–Trinajstić information content (AvgIpc) is 2.84. The highest BCUT2D eigenvalue weighted by Gasteiger charge is 2.04. The predicted octanol–water partition coefficient (Wildman–Crippen LogP) is 10.8. The van der Waals surface area contributed by atoms with Crippen LogP contribution >= 0.6 is 0 Å². The summed E-state index contributed by atoms with van der Waals surface area (Å²) in [7, 11) is 0. The molecule has 0 fully saturated rings. The van der Waals surface area contributed by atoms with E-state index in [4.69, 9.17) is 0 Å². The number of ketones is 2. The van der Waals surface area contributed by atoms with Crippen molar-refractivity contribution in [2.75, 3.05) is 6.54 Å². The minimum Gasteiger partial charge on any atom is -0.352 e. The monoisotopic (exact) mass is 604 g/mol. The molecule has 4 nitrogen and oxygen atoms in total. The molecule has 0 spiro atoms. The molecule has 0 bridgehead atoms. The number of hydrogen-bond donors (Lipinski definition) is 1. The summed E-state index contributed by atoms with van der Waals surface area (Å²) < 4.78 is 0. The lowest BCUT2D eigenvalue weighted by Gasteiger charge is -2.04. The van der Waals surface area contributed by atoms with Gasteiger partial charge in [-0.15, -0.1) is 0 Å². The van der Waals surface area contributed by atoms with Gasteiger partial charge in [-0.2, -0.15) is 0 Å². The summed E-state index contributed by atoms with van der Waals surface area (Å²) in [6.07, 6.45) is 18.8. The van der Waals surface area contributed by atoms with Crippen LogP contribution in [0, 0.1) is 47.3 Å². The largest absolute Gasteiger partial charge is 0.352 e. The molecule has 0 aromatic rings. The lowest BCUT2D eigenvalue weighted by atomic mass is 10.0. The van der Waals surface area contributed by atoms with Crippen LogP contribution in [0.2, 0.25) is 0 Å². The molecule has 0 atom stereocenters. The third-order valence-electron chi connectivity index (χ3n) is 5.28. The Morgan fingerprint density at radius 1 is 0.535 bits per heavy atom. The molecule has 4 heteroatoms. The van der Waals surface area contributed by atoms with Crippen molar-refractivity contribution in [3.8, 4) is 0 Å². The summed E-state index contributed by atoms with van der Waals surface area (Å²) in [5.74, 6) is 4.49. The Labute approximate surface area is 269 Å². The fourth-order valence-electron chi connectivity index (χ4n) is 2.82. The second-order valence-corrected chi connectivity index (χ2v) is 14.0. The van der Waals surface area contributed by atoms with Crippen molar-refractivity contribution in [3.05, 3.63) is 48.6 Å². The van der Waals surface area contributed by atoms with Gasteiger partial charge < -0.3 is 5.32 Å². The highest BCUT2D eigenvalue weighted by Crippen LogP contribution is 2.05. The van der Waals surface area contributed by atoms with Crippen LogP contribution < -0.4 is 5.32 Å². The van der Waals surface area contributed by atoms with Crippen molar-refractivity contribution >= 4 is 17.5 Å². The normalized spacial score (nSPS) is 11.8. The fraction of sp³-hybridized carbons (Fsp3) is 0.718. The molecule has 0 unspecified atom stereocenters. The molecule has 0 aliphatic carbocycles. The second-order valence-electron chi connectivity index (χ2n) is 14.0. The standard InChI is InChI=1S/C11H20O.C10H19NO.C9H16O.C9H18/c1-9(2)6-5-7-11(12)8-10(3)4;1-8(2)6-5-7-11-10(12)9(3)4;1-7(2)5-6-9(10)8(3)4;1-8(2)6-5-7-9(3)4/h5-6,9-10H,7-8H2,1-4H3;5-6,8-9H,7H2,1-4H3,(H,11,12);5-8H,1-4H3;5-6,8-9H,7H2,1-4H3/b4*6-5+. The topological polar surface area (TPSA) is 63.2 Å². The van der Waals surface area contributed by atoms with Gasteiger partial charge >= 0.3 is 0 Å². The van der Waals surface area contributed by atoms with Gasteiger partial charge in [-0.25, -0.2) is 0 Å². The second kappa shape index (κ2) is 31.2. The van der Waals surface area contributed by atoms with Crippen LogP contribution in [0.1, 0.15) is 130 Å². The lowest BCUT2D eigenvalue weighted by Crippen LogP contribution is -2.27. The van der Waals surface area contributed by atoms with E-state index in [0.717, 1.165) is 5.92 Å². The molecule has 0 aliphatic heterocycles. The van der Waals surface area contributed by atoms with Gasteiger partial charge in [0.15, 0.2) is 5.78 Å². The van der Waals surface area contributed by atoms with Crippen molar-refractivity contribution in [1.29, 1.82) is 0 Å². The van der Waals surface area contributed by atoms with E-state index in [2.05, 4.69) is 113 Å². The summed E-state index contributed by atoms with van der Waals surface area (Å²) in [4.78, 5) is 33.2. The zero-order valence-corrected chi connectivity index (χ0v) is 31.3. The van der Waals surface area contributed by atoms with E-state index in [9.17, 15) is 14.4 Å². The average molecular weight is 604 g/mol. The van der Waals surface area contributed by atoms with Crippen molar-refractivity contribution in [2.45, 2.75) is 130 Å². The van der Waals surface area contributed by atoms with E-state index in [-0.39, 0.29) is 23.5 Å². The van der Waals surface area contributed by atoms with Gasteiger partial charge in [-0.3, -0.25) is 14.4 Å². The molecular weight excluding hydrogens is 530 g/mol. The Kier molecular flexibility index (Phi) is 34.6. The molecule has 0 aromatic heterocycles. The maximum absolute atomic E-state index is 11.2. The Hall–Kier alpha value is -2.23. The molecule has 0 heterocycles. The van der Waals surface area contributed by atoms with Crippen molar-refractivity contribution in [2.24, 2.45) is 47.3 Å². The van der Waals surface area contributed by atoms with Crippen LogP contribution in [0.25, 0.3) is 0 Å². The predicted molar refractivity (Wildman–Crippen MR) is 192 cm³/mol.